The molecule has 0 aliphatic rings. The molecule has 2 N–H and O–H groups in total. The van der Waals surface area contributed by atoms with E-state index >= 15 is 0 Å². The van der Waals surface area contributed by atoms with Crippen molar-refractivity contribution in [2.45, 2.75) is 17.7 Å². The molecule has 0 unspecified atom stereocenters. The van der Waals surface area contributed by atoms with E-state index in [1.807, 2.05) is 0 Å². The van der Waals surface area contributed by atoms with E-state index in [0.717, 1.165) is 17.4 Å². The summed E-state index contributed by atoms with van der Waals surface area (Å²) in [7, 11) is -3.90. The zero-order chi connectivity index (χ0) is 19.3. The summed E-state index contributed by atoms with van der Waals surface area (Å²) >= 11 is 0.788. The van der Waals surface area contributed by atoms with Crippen LogP contribution in [0.5, 0.6) is 0 Å². The molecule has 140 valence electrons. The van der Waals surface area contributed by atoms with Crippen molar-refractivity contribution in [2.24, 2.45) is 5.14 Å². The van der Waals surface area contributed by atoms with Crippen molar-refractivity contribution in [1.82, 2.24) is 4.90 Å². The number of ether oxygens (including phenoxy) is 1. The second-order valence-corrected chi connectivity index (χ2v) is 8.01. The number of sulfonamides is 1. The molecule has 0 atom stereocenters. The molecule has 10 heteroatoms. The molecule has 0 radical (unpaired) electrons. The number of benzene rings is 1. The highest BCUT2D eigenvalue weighted by Gasteiger charge is 2.19. The third kappa shape index (κ3) is 5.35. The summed E-state index contributed by atoms with van der Waals surface area (Å²) < 4.78 is 40.4. The van der Waals surface area contributed by atoms with Crippen molar-refractivity contribution in [3.63, 3.8) is 0 Å². The molecule has 7 nitrogen and oxygen atoms in total. The van der Waals surface area contributed by atoms with E-state index in [-0.39, 0.29) is 16.3 Å². The second kappa shape index (κ2) is 8.39. The predicted octanol–water partition coefficient (Wildman–Crippen LogP) is 1.74. The zero-order valence-corrected chi connectivity index (χ0v) is 15.5. The highest BCUT2D eigenvalue weighted by molar-refractivity contribution is 7.91. The quantitative estimate of drug-likeness (QED) is 0.713. The summed E-state index contributed by atoms with van der Waals surface area (Å²) in [6, 6.07) is 6.95. The molecule has 1 heterocycles. The summed E-state index contributed by atoms with van der Waals surface area (Å²) in [5.41, 5.74) is 0.613. The Morgan fingerprint density at radius 2 is 2.04 bits per heavy atom. The lowest BCUT2D eigenvalue weighted by molar-refractivity contribution is -0.134. The van der Waals surface area contributed by atoms with Crippen LogP contribution in [0.1, 0.15) is 22.8 Å². The van der Waals surface area contributed by atoms with Gasteiger partial charge in [0.1, 0.15) is 10.0 Å². The van der Waals surface area contributed by atoms with Crippen LogP contribution in [-0.2, 0) is 26.1 Å². The van der Waals surface area contributed by atoms with E-state index in [1.54, 1.807) is 19.1 Å². The molecule has 2 rings (SSSR count). The van der Waals surface area contributed by atoms with Crippen molar-refractivity contribution in [1.29, 1.82) is 0 Å². The topological polar surface area (TPSA) is 107 Å². The highest BCUT2D eigenvalue weighted by Crippen LogP contribution is 2.19. The fraction of sp³-hybridized carbons (Fsp3) is 0.250. The van der Waals surface area contributed by atoms with Gasteiger partial charge in [-0.15, -0.1) is 11.3 Å². The number of likely N-dealkylation sites (N-methyl/N-ethyl adjacent to an activating group) is 1. The molecule has 1 amide bonds. The molecule has 0 bridgehead atoms. The fourth-order valence-electron chi connectivity index (χ4n) is 2.11. The lowest BCUT2D eigenvalue weighted by Crippen LogP contribution is -2.34. The van der Waals surface area contributed by atoms with Gasteiger partial charge in [-0.25, -0.2) is 22.7 Å². The summed E-state index contributed by atoms with van der Waals surface area (Å²) in [6.45, 7) is 1.76. The Morgan fingerprint density at radius 3 is 2.62 bits per heavy atom. The van der Waals surface area contributed by atoms with Gasteiger partial charge in [-0.1, -0.05) is 12.1 Å². The summed E-state index contributed by atoms with van der Waals surface area (Å²) in [5, 5.41) is 6.27. The molecule has 1 aromatic carbocycles. The van der Waals surface area contributed by atoms with Crippen LogP contribution in [0.2, 0.25) is 0 Å². The molecule has 0 saturated carbocycles. The van der Waals surface area contributed by atoms with Crippen molar-refractivity contribution in [3.05, 3.63) is 52.7 Å². The van der Waals surface area contributed by atoms with Gasteiger partial charge in [0.05, 0.1) is 5.56 Å². The monoisotopic (exact) mass is 400 g/mol. The molecule has 1 aromatic heterocycles. The van der Waals surface area contributed by atoms with E-state index < -0.39 is 34.3 Å². The van der Waals surface area contributed by atoms with Gasteiger partial charge in [0.25, 0.3) is 5.91 Å². The average Bonchev–Trinajstić information content (AvgIpc) is 3.08. The lowest BCUT2D eigenvalue weighted by atomic mass is 10.2. The maximum Gasteiger partial charge on any atom is 0.339 e. The number of hydrogen-bond acceptors (Lipinski definition) is 6. The van der Waals surface area contributed by atoms with Crippen LogP contribution >= 0.6 is 11.3 Å². The number of thiophene rings is 1. The minimum atomic E-state index is -3.90. The summed E-state index contributed by atoms with van der Waals surface area (Å²) in [6.07, 6.45) is 0. The zero-order valence-electron chi connectivity index (χ0n) is 13.8. The van der Waals surface area contributed by atoms with Crippen molar-refractivity contribution in [2.75, 3.05) is 13.2 Å². The SMILES string of the molecule is CCN(Cc1cccc(F)c1)C(=O)COC(=O)c1csc(S(N)(=O)=O)c1. The van der Waals surface area contributed by atoms with Crippen LogP contribution in [-0.4, -0.2) is 38.3 Å². The Hall–Kier alpha value is -2.30. The van der Waals surface area contributed by atoms with Gasteiger partial charge < -0.3 is 9.64 Å². The number of amides is 1. The Kier molecular flexibility index (Phi) is 6.46. The molecular formula is C16H17FN2O5S2. The number of rotatable bonds is 7. The number of carbonyl (C=O) groups is 2. The average molecular weight is 400 g/mol. The van der Waals surface area contributed by atoms with Crippen LogP contribution in [0.4, 0.5) is 4.39 Å². The van der Waals surface area contributed by atoms with Crippen molar-refractivity contribution in [3.8, 4) is 0 Å². The Morgan fingerprint density at radius 1 is 1.31 bits per heavy atom. The van der Waals surface area contributed by atoms with Crippen LogP contribution in [0.3, 0.4) is 0 Å². The van der Waals surface area contributed by atoms with E-state index in [1.165, 1.54) is 22.4 Å². The van der Waals surface area contributed by atoms with Crippen LogP contribution < -0.4 is 5.14 Å². The van der Waals surface area contributed by atoms with Crippen molar-refractivity contribution < 1.29 is 27.1 Å². The first-order chi connectivity index (χ1) is 12.2. The third-order valence-corrected chi connectivity index (χ3v) is 5.80. The van der Waals surface area contributed by atoms with Gasteiger partial charge in [-0.3, -0.25) is 4.79 Å². The molecule has 0 aliphatic carbocycles. The number of hydrogen-bond donors (Lipinski definition) is 1. The van der Waals surface area contributed by atoms with E-state index in [0.29, 0.717) is 12.1 Å². The summed E-state index contributed by atoms with van der Waals surface area (Å²) in [5.74, 6) is -1.68. The highest BCUT2D eigenvalue weighted by atomic mass is 32.2. The van der Waals surface area contributed by atoms with Gasteiger partial charge in [0.2, 0.25) is 10.0 Å². The standard InChI is InChI=1S/C16H17FN2O5S2/c1-2-19(8-11-4-3-5-13(17)6-11)14(20)9-24-16(21)12-7-15(25-10-12)26(18,22)23/h3-7,10H,2,8-9H2,1H3,(H2,18,22,23). The van der Waals surface area contributed by atoms with Crippen molar-refractivity contribution >= 4 is 33.2 Å². The predicted molar refractivity (Wildman–Crippen MR) is 93.5 cm³/mol. The Bertz CT molecular complexity index is 911. The number of nitrogens with zero attached hydrogens (tertiary/aromatic N) is 1. The first kappa shape index (κ1) is 20.0. The minimum Gasteiger partial charge on any atom is -0.452 e. The van der Waals surface area contributed by atoms with Crippen LogP contribution in [0, 0.1) is 5.82 Å². The maximum atomic E-state index is 13.2. The summed E-state index contributed by atoms with van der Waals surface area (Å²) in [4.78, 5) is 25.5. The number of halogens is 1. The Balaban J connectivity index is 1.95. The van der Waals surface area contributed by atoms with E-state index in [9.17, 15) is 22.4 Å². The van der Waals surface area contributed by atoms with E-state index in [2.05, 4.69) is 0 Å². The molecule has 0 fully saturated rings. The largest absolute Gasteiger partial charge is 0.452 e. The maximum absolute atomic E-state index is 13.2. The Labute approximate surface area is 154 Å². The second-order valence-electron chi connectivity index (χ2n) is 5.31. The minimum absolute atomic E-state index is 0.00000363. The normalized spacial score (nSPS) is 11.2. The van der Waals surface area contributed by atoms with Gasteiger partial charge in [0, 0.05) is 18.5 Å². The van der Waals surface area contributed by atoms with Gasteiger partial charge in [0.15, 0.2) is 6.61 Å². The van der Waals surface area contributed by atoms with Gasteiger partial charge in [-0.05, 0) is 30.7 Å². The smallest absolute Gasteiger partial charge is 0.339 e. The molecule has 26 heavy (non-hydrogen) atoms. The van der Waals surface area contributed by atoms with E-state index in [4.69, 9.17) is 9.88 Å². The third-order valence-electron chi connectivity index (χ3n) is 3.42. The first-order valence-corrected chi connectivity index (χ1v) is 9.94. The first-order valence-electron chi connectivity index (χ1n) is 7.51. The van der Waals surface area contributed by atoms with Crippen LogP contribution in [0.15, 0.2) is 39.9 Å². The number of carbonyl (C=O) groups excluding carboxylic acids is 2. The van der Waals surface area contributed by atoms with Crippen LogP contribution in [0.25, 0.3) is 0 Å². The number of esters is 1. The fourth-order valence-corrected chi connectivity index (χ4v) is 3.68. The van der Waals surface area contributed by atoms with Gasteiger partial charge >= 0.3 is 5.97 Å². The van der Waals surface area contributed by atoms with Gasteiger partial charge in [-0.2, -0.15) is 0 Å². The molecule has 0 saturated heterocycles. The lowest BCUT2D eigenvalue weighted by Gasteiger charge is -2.20. The molecule has 2 aromatic rings. The molecular weight excluding hydrogens is 383 g/mol. The molecule has 0 aliphatic heterocycles. The number of nitrogens with two attached hydrogens (primary N) is 1. The number of primary sulfonamides is 1. The molecule has 0 spiro atoms.